The van der Waals surface area contributed by atoms with E-state index in [-0.39, 0.29) is 0 Å². The Morgan fingerprint density at radius 1 is 1.25 bits per heavy atom. The van der Waals surface area contributed by atoms with Crippen LogP contribution in [0.2, 0.25) is 0 Å². The predicted molar refractivity (Wildman–Crippen MR) is 71.4 cm³/mol. The normalized spacial score (nSPS) is 16.1. The standard InChI is InChI=1S/C16H11NO3/c17-8-10-5-6-14-13(7-10)15(16(18)19)12-4-2-1-3-11(12)9-20-14/h1-7,15H,9H2,(H,18,19)/t15-/m0/s1. The first-order valence-electron chi connectivity index (χ1n) is 6.18. The second-order valence-corrected chi connectivity index (χ2v) is 4.62. The van der Waals surface area contributed by atoms with Gasteiger partial charge in [0.05, 0.1) is 11.6 Å². The molecule has 0 fully saturated rings. The Balaban J connectivity index is 2.26. The van der Waals surface area contributed by atoms with Gasteiger partial charge in [0, 0.05) is 5.56 Å². The molecule has 0 amide bonds. The zero-order valence-corrected chi connectivity index (χ0v) is 10.5. The van der Waals surface area contributed by atoms with Crippen LogP contribution in [0, 0.1) is 11.3 Å². The lowest BCUT2D eigenvalue weighted by molar-refractivity contribution is -0.137. The van der Waals surface area contributed by atoms with Crippen LogP contribution in [-0.4, -0.2) is 11.1 Å². The maximum absolute atomic E-state index is 11.7. The number of carbonyl (C=O) groups is 1. The molecule has 0 saturated carbocycles. The third-order valence-electron chi connectivity index (χ3n) is 3.45. The lowest BCUT2D eigenvalue weighted by Crippen LogP contribution is -2.14. The number of nitrogens with zero attached hydrogens (tertiary/aromatic N) is 1. The van der Waals surface area contributed by atoms with Gasteiger partial charge in [-0.3, -0.25) is 4.79 Å². The van der Waals surface area contributed by atoms with E-state index < -0.39 is 11.9 Å². The molecule has 1 aliphatic rings. The first-order valence-corrected chi connectivity index (χ1v) is 6.18. The van der Waals surface area contributed by atoms with E-state index in [9.17, 15) is 9.90 Å². The number of hydrogen-bond acceptors (Lipinski definition) is 3. The van der Waals surface area contributed by atoms with Gasteiger partial charge in [-0.1, -0.05) is 24.3 Å². The van der Waals surface area contributed by atoms with Crippen molar-refractivity contribution >= 4 is 5.97 Å². The van der Waals surface area contributed by atoms with Crippen molar-refractivity contribution in [1.29, 1.82) is 5.26 Å². The Morgan fingerprint density at radius 3 is 2.80 bits per heavy atom. The van der Waals surface area contributed by atoms with Crippen molar-refractivity contribution in [3.05, 3.63) is 64.7 Å². The molecule has 4 nitrogen and oxygen atoms in total. The van der Waals surface area contributed by atoms with Crippen molar-refractivity contribution in [1.82, 2.24) is 0 Å². The smallest absolute Gasteiger partial charge is 0.315 e. The Bertz CT molecular complexity index is 731. The molecule has 3 rings (SSSR count). The van der Waals surface area contributed by atoms with Crippen LogP contribution in [0.15, 0.2) is 42.5 Å². The molecule has 0 radical (unpaired) electrons. The quantitative estimate of drug-likeness (QED) is 0.860. The minimum Gasteiger partial charge on any atom is -0.489 e. The molecule has 1 aliphatic heterocycles. The number of fused-ring (bicyclic) bond motifs is 2. The van der Waals surface area contributed by atoms with Crippen LogP contribution in [0.25, 0.3) is 0 Å². The number of benzene rings is 2. The highest BCUT2D eigenvalue weighted by atomic mass is 16.5. The molecule has 0 unspecified atom stereocenters. The van der Waals surface area contributed by atoms with Gasteiger partial charge in [0.25, 0.3) is 0 Å². The van der Waals surface area contributed by atoms with Gasteiger partial charge in [-0.05, 0) is 29.3 Å². The van der Waals surface area contributed by atoms with E-state index >= 15 is 0 Å². The third-order valence-corrected chi connectivity index (χ3v) is 3.45. The molecule has 0 aliphatic carbocycles. The zero-order valence-electron chi connectivity index (χ0n) is 10.5. The van der Waals surface area contributed by atoms with Crippen LogP contribution < -0.4 is 4.74 Å². The van der Waals surface area contributed by atoms with E-state index in [1.165, 1.54) is 0 Å². The largest absolute Gasteiger partial charge is 0.489 e. The fourth-order valence-electron chi connectivity index (χ4n) is 2.51. The fourth-order valence-corrected chi connectivity index (χ4v) is 2.51. The summed E-state index contributed by atoms with van der Waals surface area (Å²) in [7, 11) is 0. The second kappa shape index (κ2) is 4.71. The SMILES string of the molecule is N#Cc1ccc2c(c1)[C@@H](C(=O)O)c1ccccc1CO2. The van der Waals surface area contributed by atoms with Gasteiger partial charge in [0.1, 0.15) is 18.3 Å². The van der Waals surface area contributed by atoms with Crippen molar-refractivity contribution < 1.29 is 14.6 Å². The number of aliphatic carboxylic acids is 1. The van der Waals surface area contributed by atoms with E-state index in [0.29, 0.717) is 29.0 Å². The highest BCUT2D eigenvalue weighted by Crippen LogP contribution is 2.37. The summed E-state index contributed by atoms with van der Waals surface area (Å²) in [6, 6.07) is 14.3. The highest BCUT2D eigenvalue weighted by molar-refractivity contribution is 5.82. The van der Waals surface area contributed by atoms with E-state index in [4.69, 9.17) is 10.00 Å². The van der Waals surface area contributed by atoms with Gasteiger partial charge >= 0.3 is 5.97 Å². The van der Waals surface area contributed by atoms with E-state index in [1.54, 1.807) is 24.3 Å². The van der Waals surface area contributed by atoms with E-state index in [1.807, 2.05) is 24.3 Å². The average Bonchev–Trinajstić information content (AvgIpc) is 2.62. The van der Waals surface area contributed by atoms with Gasteiger partial charge in [-0.2, -0.15) is 5.26 Å². The summed E-state index contributed by atoms with van der Waals surface area (Å²) < 4.78 is 5.68. The molecule has 1 atom stereocenters. The highest BCUT2D eigenvalue weighted by Gasteiger charge is 2.30. The molecular weight excluding hydrogens is 254 g/mol. The van der Waals surface area contributed by atoms with Crippen LogP contribution in [0.4, 0.5) is 0 Å². The van der Waals surface area contributed by atoms with Gasteiger partial charge in [0.15, 0.2) is 0 Å². The monoisotopic (exact) mass is 265 g/mol. The molecular formula is C16H11NO3. The molecule has 20 heavy (non-hydrogen) atoms. The van der Waals surface area contributed by atoms with Crippen LogP contribution >= 0.6 is 0 Å². The van der Waals surface area contributed by atoms with Gasteiger partial charge in [-0.15, -0.1) is 0 Å². The molecule has 2 aromatic carbocycles. The Labute approximate surface area is 115 Å². The molecule has 1 N–H and O–H groups in total. The molecule has 0 bridgehead atoms. The summed E-state index contributed by atoms with van der Waals surface area (Å²) in [4.78, 5) is 11.7. The lowest BCUT2D eigenvalue weighted by Gasteiger charge is -2.14. The molecule has 0 aromatic heterocycles. The number of nitriles is 1. The first-order chi connectivity index (χ1) is 9.70. The summed E-state index contributed by atoms with van der Waals surface area (Å²) in [6.45, 7) is 0.332. The first kappa shape index (κ1) is 12.2. The van der Waals surface area contributed by atoms with Crippen molar-refractivity contribution in [2.75, 3.05) is 0 Å². The number of carboxylic acids is 1. The van der Waals surface area contributed by atoms with Gasteiger partial charge in [-0.25, -0.2) is 0 Å². The zero-order chi connectivity index (χ0) is 14.1. The second-order valence-electron chi connectivity index (χ2n) is 4.62. The summed E-state index contributed by atoms with van der Waals surface area (Å²) in [5, 5.41) is 18.6. The van der Waals surface area contributed by atoms with Crippen molar-refractivity contribution in [2.24, 2.45) is 0 Å². The molecule has 98 valence electrons. The van der Waals surface area contributed by atoms with Crippen LogP contribution in [0.5, 0.6) is 5.75 Å². The Hall–Kier alpha value is -2.80. The summed E-state index contributed by atoms with van der Waals surface area (Å²) in [5.41, 5.74) is 2.53. The summed E-state index contributed by atoms with van der Waals surface area (Å²) >= 11 is 0. The topological polar surface area (TPSA) is 70.3 Å². The fraction of sp³-hybridized carbons (Fsp3) is 0.125. The number of ether oxygens (including phenoxy) is 1. The van der Waals surface area contributed by atoms with Gasteiger partial charge in [0.2, 0.25) is 0 Å². The van der Waals surface area contributed by atoms with E-state index in [0.717, 1.165) is 5.56 Å². The molecule has 0 saturated heterocycles. The van der Waals surface area contributed by atoms with Crippen molar-refractivity contribution in [2.45, 2.75) is 12.5 Å². The van der Waals surface area contributed by atoms with E-state index in [2.05, 4.69) is 0 Å². The molecule has 1 heterocycles. The number of carboxylic acid groups (broad SMARTS) is 1. The predicted octanol–water partition coefficient (Wildman–Crippen LogP) is 2.67. The van der Waals surface area contributed by atoms with Crippen LogP contribution in [-0.2, 0) is 11.4 Å². The molecule has 0 spiro atoms. The minimum atomic E-state index is -0.945. The van der Waals surface area contributed by atoms with Crippen molar-refractivity contribution in [3.8, 4) is 11.8 Å². The average molecular weight is 265 g/mol. The Kier molecular flexibility index (Phi) is 2.88. The minimum absolute atomic E-state index is 0.332. The maximum atomic E-state index is 11.7. The van der Waals surface area contributed by atoms with Crippen LogP contribution in [0.3, 0.4) is 0 Å². The number of hydrogen-bond donors (Lipinski definition) is 1. The Morgan fingerprint density at radius 2 is 2.05 bits per heavy atom. The summed E-state index contributed by atoms with van der Waals surface area (Å²) in [6.07, 6.45) is 0. The molecule has 4 heteroatoms. The van der Waals surface area contributed by atoms with Crippen LogP contribution in [0.1, 0.15) is 28.2 Å². The maximum Gasteiger partial charge on any atom is 0.315 e. The third kappa shape index (κ3) is 1.90. The summed E-state index contributed by atoms with van der Waals surface area (Å²) in [5.74, 6) is -1.23. The molecule has 2 aromatic rings. The lowest BCUT2D eigenvalue weighted by atomic mass is 9.88. The van der Waals surface area contributed by atoms with Crippen molar-refractivity contribution in [3.63, 3.8) is 0 Å². The van der Waals surface area contributed by atoms with Gasteiger partial charge < -0.3 is 9.84 Å². The number of rotatable bonds is 1.